The Morgan fingerprint density at radius 1 is 1.50 bits per heavy atom. The van der Waals surface area contributed by atoms with Crippen LogP contribution in [0.4, 0.5) is 13.2 Å². The van der Waals surface area contributed by atoms with Crippen molar-refractivity contribution in [2.24, 2.45) is 5.92 Å². The lowest BCUT2D eigenvalue weighted by molar-refractivity contribution is -0.143. The van der Waals surface area contributed by atoms with Crippen LogP contribution in [0, 0.1) is 5.92 Å². The first-order chi connectivity index (χ1) is 6.41. The molecular weight excluding hydrogens is 213 g/mol. The lowest BCUT2D eigenvalue weighted by Gasteiger charge is -2.07. The van der Waals surface area contributed by atoms with Gasteiger partial charge in [0, 0.05) is 5.75 Å². The molecule has 1 aromatic rings. The number of aromatic nitrogens is 2. The molecular formula is C8H11F3N2S. The van der Waals surface area contributed by atoms with Crippen LogP contribution in [0.25, 0.3) is 0 Å². The van der Waals surface area contributed by atoms with E-state index in [-0.39, 0.29) is 4.90 Å². The van der Waals surface area contributed by atoms with Crippen LogP contribution < -0.4 is 0 Å². The molecule has 0 saturated heterocycles. The van der Waals surface area contributed by atoms with Crippen molar-refractivity contribution >= 4 is 11.8 Å². The molecule has 0 aliphatic rings. The molecule has 80 valence electrons. The van der Waals surface area contributed by atoms with Gasteiger partial charge in [0.25, 0.3) is 0 Å². The van der Waals surface area contributed by atoms with Crippen molar-refractivity contribution in [1.29, 1.82) is 0 Å². The first-order valence-electron chi connectivity index (χ1n) is 4.14. The van der Waals surface area contributed by atoms with Gasteiger partial charge in [0.05, 0.1) is 11.1 Å². The van der Waals surface area contributed by atoms with Gasteiger partial charge < -0.3 is 0 Å². The number of thioether (sulfide) groups is 1. The molecule has 1 N–H and O–H groups in total. The van der Waals surface area contributed by atoms with Crippen LogP contribution in [0.15, 0.2) is 11.1 Å². The summed E-state index contributed by atoms with van der Waals surface area (Å²) >= 11 is 1.17. The molecule has 0 amide bonds. The molecule has 0 spiro atoms. The van der Waals surface area contributed by atoms with E-state index >= 15 is 0 Å². The summed E-state index contributed by atoms with van der Waals surface area (Å²) < 4.78 is 37.0. The smallest absolute Gasteiger partial charge is 0.273 e. The molecule has 0 fully saturated rings. The van der Waals surface area contributed by atoms with Gasteiger partial charge in [-0.2, -0.15) is 18.3 Å². The highest BCUT2D eigenvalue weighted by Gasteiger charge is 2.35. The third-order valence-electron chi connectivity index (χ3n) is 1.46. The van der Waals surface area contributed by atoms with E-state index in [4.69, 9.17) is 0 Å². The zero-order chi connectivity index (χ0) is 10.8. The molecule has 0 unspecified atom stereocenters. The molecule has 6 heteroatoms. The minimum absolute atomic E-state index is 0.172. The molecule has 0 bridgehead atoms. The van der Waals surface area contributed by atoms with Crippen LogP contribution in [-0.2, 0) is 6.18 Å². The van der Waals surface area contributed by atoms with Crippen molar-refractivity contribution in [3.63, 3.8) is 0 Å². The normalized spacial score (nSPS) is 12.4. The minimum Gasteiger partial charge on any atom is -0.273 e. The topological polar surface area (TPSA) is 28.7 Å². The van der Waals surface area contributed by atoms with E-state index in [2.05, 4.69) is 5.10 Å². The number of nitrogens with zero attached hydrogens (tertiary/aromatic N) is 1. The highest BCUT2D eigenvalue weighted by molar-refractivity contribution is 7.99. The van der Waals surface area contributed by atoms with Gasteiger partial charge in [-0.05, 0) is 5.92 Å². The summed E-state index contributed by atoms with van der Waals surface area (Å²) in [6, 6.07) is 0. The molecule has 0 aliphatic carbocycles. The maximum atomic E-state index is 12.3. The van der Waals surface area contributed by atoms with Crippen LogP contribution in [-0.4, -0.2) is 16.0 Å². The molecule has 1 heterocycles. The average Bonchev–Trinajstić information content (AvgIpc) is 2.46. The average molecular weight is 224 g/mol. The maximum Gasteiger partial charge on any atom is 0.433 e. The van der Waals surface area contributed by atoms with Crippen molar-refractivity contribution in [2.75, 3.05) is 5.75 Å². The molecule has 2 nitrogen and oxygen atoms in total. The molecule has 0 saturated carbocycles. The Hall–Kier alpha value is -0.650. The van der Waals surface area contributed by atoms with E-state index in [0.717, 1.165) is 0 Å². The van der Waals surface area contributed by atoms with E-state index < -0.39 is 11.9 Å². The third-order valence-corrected chi connectivity index (χ3v) is 2.91. The Morgan fingerprint density at radius 2 is 2.14 bits per heavy atom. The van der Waals surface area contributed by atoms with Crippen LogP contribution in [0.1, 0.15) is 19.5 Å². The van der Waals surface area contributed by atoms with Crippen LogP contribution in [0.2, 0.25) is 0 Å². The third kappa shape index (κ3) is 2.94. The maximum absolute atomic E-state index is 12.3. The Labute approximate surface area is 84.3 Å². The zero-order valence-corrected chi connectivity index (χ0v) is 8.67. The number of nitrogens with one attached hydrogen (secondary N) is 1. The summed E-state index contributed by atoms with van der Waals surface area (Å²) in [5.74, 6) is 1.01. The lowest BCUT2D eigenvalue weighted by Crippen LogP contribution is -2.07. The lowest BCUT2D eigenvalue weighted by atomic mass is 10.3. The Morgan fingerprint density at radius 3 is 2.64 bits per heavy atom. The second kappa shape index (κ2) is 4.25. The van der Waals surface area contributed by atoms with E-state index in [1.807, 2.05) is 18.9 Å². The Kier molecular flexibility index (Phi) is 3.47. The molecule has 1 rings (SSSR count). The predicted molar refractivity (Wildman–Crippen MR) is 49.2 cm³/mol. The van der Waals surface area contributed by atoms with Crippen molar-refractivity contribution in [3.05, 3.63) is 11.9 Å². The fourth-order valence-corrected chi connectivity index (χ4v) is 1.79. The number of hydrogen-bond acceptors (Lipinski definition) is 2. The minimum atomic E-state index is -4.34. The molecule has 0 atom stereocenters. The number of aromatic amines is 1. The quantitative estimate of drug-likeness (QED) is 0.799. The summed E-state index contributed by atoms with van der Waals surface area (Å²) in [4.78, 5) is 0.172. The number of H-pyrrole nitrogens is 1. The predicted octanol–water partition coefficient (Wildman–Crippen LogP) is 3.18. The Bertz CT molecular complexity index is 293. The number of halogens is 3. The summed E-state index contributed by atoms with van der Waals surface area (Å²) in [5, 5.41) is 5.37. The monoisotopic (exact) mass is 224 g/mol. The highest BCUT2D eigenvalue weighted by Crippen LogP contribution is 2.35. The van der Waals surface area contributed by atoms with Crippen LogP contribution >= 0.6 is 11.8 Å². The summed E-state index contributed by atoms with van der Waals surface area (Å²) in [5.41, 5.74) is -0.747. The fourth-order valence-electron chi connectivity index (χ4n) is 0.844. The molecule has 0 aromatic carbocycles. The fraction of sp³-hybridized carbons (Fsp3) is 0.625. The van der Waals surface area contributed by atoms with Crippen LogP contribution in [0.3, 0.4) is 0 Å². The van der Waals surface area contributed by atoms with Crippen molar-refractivity contribution in [2.45, 2.75) is 24.9 Å². The van der Waals surface area contributed by atoms with Gasteiger partial charge in [-0.1, -0.05) is 13.8 Å². The standard InChI is InChI=1S/C8H11F3N2S/c1-5(2)4-14-6-3-12-13-7(6)8(9,10)11/h3,5H,4H2,1-2H3,(H,12,13). The van der Waals surface area contributed by atoms with E-state index in [1.165, 1.54) is 18.0 Å². The number of hydrogen-bond donors (Lipinski definition) is 1. The van der Waals surface area contributed by atoms with Gasteiger partial charge in [0.15, 0.2) is 5.69 Å². The van der Waals surface area contributed by atoms with Gasteiger partial charge in [0.2, 0.25) is 0 Å². The zero-order valence-electron chi connectivity index (χ0n) is 7.85. The van der Waals surface area contributed by atoms with E-state index in [1.54, 1.807) is 0 Å². The van der Waals surface area contributed by atoms with Crippen LogP contribution in [0.5, 0.6) is 0 Å². The summed E-state index contributed by atoms with van der Waals surface area (Å²) in [6.45, 7) is 3.92. The van der Waals surface area contributed by atoms with E-state index in [0.29, 0.717) is 11.7 Å². The highest BCUT2D eigenvalue weighted by atomic mass is 32.2. The van der Waals surface area contributed by atoms with Gasteiger partial charge in [0.1, 0.15) is 0 Å². The molecule has 14 heavy (non-hydrogen) atoms. The molecule has 0 radical (unpaired) electrons. The van der Waals surface area contributed by atoms with Gasteiger partial charge >= 0.3 is 6.18 Å². The van der Waals surface area contributed by atoms with Gasteiger partial charge in [-0.3, -0.25) is 5.10 Å². The van der Waals surface area contributed by atoms with Gasteiger partial charge in [-0.15, -0.1) is 11.8 Å². The first kappa shape index (κ1) is 11.4. The molecule has 0 aliphatic heterocycles. The summed E-state index contributed by atoms with van der Waals surface area (Å²) in [7, 11) is 0. The summed E-state index contributed by atoms with van der Waals surface area (Å²) in [6.07, 6.45) is -3.12. The first-order valence-corrected chi connectivity index (χ1v) is 5.13. The number of rotatable bonds is 3. The second-order valence-electron chi connectivity index (χ2n) is 3.31. The second-order valence-corrected chi connectivity index (χ2v) is 4.37. The van der Waals surface area contributed by atoms with Crippen molar-refractivity contribution in [1.82, 2.24) is 10.2 Å². The number of alkyl halides is 3. The largest absolute Gasteiger partial charge is 0.433 e. The SMILES string of the molecule is CC(C)CSc1cn[nH]c1C(F)(F)F. The van der Waals surface area contributed by atoms with Crippen molar-refractivity contribution in [3.8, 4) is 0 Å². The van der Waals surface area contributed by atoms with Crippen molar-refractivity contribution < 1.29 is 13.2 Å². The van der Waals surface area contributed by atoms with E-state index in [9.17, 15) is 13.2 Å². The van der Waals surface area contributed by atoms with Gasteiger partial charge in [-0.25, -0.2) is 0 Å². The Balaban J connectivity index is 2.73. The molecule has 1 aromatic heterocycles.